The Labute approximate surface area is 82.3 Å². The summed E-state index contributed by atoms with van der Waals surface area (Å²) in [5.41, 5.74) is 0.666. The Kier molecular flexibility index (Phi) is 3.06. The van der Waals surface area contributed by atoms with Crippen LogP contribution in [0.2, 0.25) is 0 Å². The van der Waals surface area contributed by atoms with E-state index in [9.17, 15) is 15.2 Å². The van der Waals surface area contributed by atoms with E-state index in [0.717, 1.165) is 6.42 Å². The van der Waals surface area contributed by atoms with E-state index in [1.165, 1.54) is 18.2 Å². The maximum atomic E-state index is 10.5. The summed E-state index contributed by atoms with van der Waals surface area (Å²) in [6.45, 7) is 3.90. The van der Waals surface area contributed by atoms with Crippen LogP contribution >= 0.6 is 0 Å². The predicted molar refractivity (Wildman–Crippen MR) is 53.5 cm³/mol. The highest BCUT2D eigenvalue weighted by molar-refractivity contribution is 5.44. The van der Waals surface area contributed by atoms with E-state index >= 15 is 0 Å². The van der Waals surface area contributed by atoms with E-state index in [-0.39, 0.29) is 17.4 Å². The lowest BCUT2D eigenvalue weighted by Gasteiger charge is -2.10. The molecule has 0 aliphatic rings. The molecule has 1 aromatic carbocycles. The van der Waals surface area contributed by atoms with Gasteiger partial charge in [0.2, 0.25) is 0 Å². The summed E-state index contributed by atoms with van der Waals surface area (Å²) in [4.78, 5) is 10.0. The Balaban J connectivity index is 3.14. The summed E-state index contributed by atoms with van der Waals surface area (Å²) in [5, 5.41) is 20.0. The number of nitro groups is 1. The van der Waals surface area contributed by atoms with E-state index in [0.29, 0.717) is 5.56 Å². The zero-order valence-electron chi connectivity index (χ0n) is 8.23. The van der Waals surface area contributed by atoms with Gasteiger partial charge in [-0.15, -0.1) is 0 Å². The third kappa shape index (κ3) is 2.02. The summed E-state index contributed by atoms with van der Waals surface area (Å²) in [6.07, 6.45) is 0.842. The molecule has 1 unspecified atom stereocenters. The van der Waals surface area contributed by atoms with Crippen LogP contribution in [-0.4, -0.2) is 10.0 Å². The number of phenolic OH excluding ortho intramolecular Hbond substituents is 1. The fourth-order valence-corrected chi connectivity index (χ4v) is 1.27. The smallest absolute Gasteiger partial charge is 0.269 e. The van der Waals surface area contributed by atoms with Crippen molar-refractivity contribution >= 4 is 5.69 Å². The number of hydrogen-bond donors (Lipinski definition) is 1. The van der Waals surface area contributed by atoms with Crippen molar-refractivity contribution in [2.24, 2.45) is 0 Å². The largest absolute Gasteiger partial charge is 0.508 e. The van der Waals surface area contributed by atoms with Gasteiger partial charge in [-0.3, -0.25) is 10.1 Å². The van der Waals surface area contributed by atoms with Gasteiger partial charge in [-0.05, 0) is 18.4 Å². The summed E-state index contributed by atoms with van der Waals surface area (Å²) in [6, 6.07) is 4.12. The van der Waals surface area contributed by atoms with E-state index in [1.54, 1.807) is 0 Å². The summed E-state index contributed by atoms with van der Waals surface area (Å²) in [5.74, 6) is 0.264. The van der Waals surface area contributed by atoms with Crippen molar-refractivity contribution in [3.05, 3.63) is 33.9 Å². The number of hydrogen-bond acceptors (Lipinski definition) is 3. The highest BCUT2D eigenvalue weighted by atomic mass is 16.6. The van der Waals surface area contributed by atoms with Crippen LogP contribution in [0.1, 0.15) is 31.7 Å². The molecule has 1 N–H and O–H groups in total. The quantitative estimate of drug-likeness (QED) is 0.595. The number of nitro benzene ring substituents is 1. The lowest BCUT2D eigenvalue weighted by molar-refractivity contribution is -0.385. The van der Waals surface area contributed by atoms with Gasteiger partial charge in [-0.1, -0.05) is 13.8 Å². The van der Waals surface area contributed by atoms with Gasteiger partial charge >= 0.3 is 0 Å². The minimum absolute atomic E-state index is 0.0260. The van der Waals surface area contributed by atoms with E-state index in [1.807, 2.05) is 13.8 Å². The molecule has 4 heteroatoms. The van der Waals surface area contributed by atoms with Crippen LogP contribution in [0.25, 0.3) is 0 Å². The molecule has 76 valence electrons. The fourth-order valence-electron chi connectivity index (χ4n) is 1.27. The Morgan fingerprint density at radius 3 is 2.71 bits per heavy atom. The van der Waals surface area contributed by atoms with E-state index in [2.05, 4.69) is 0 Å². The molecule has 0 amide bonds. The van der Waals surface area contributed by atoms with Gasteiger partial charge in [0, 0.05) is 17.7 Å². The molecule has 0 fully saturated rings. The molecule has 0 aliphatic carbocycles. The third-order valence-electron chi connectivity index (χ3n) is 2.37. The highest BCUT2D eigenvalue weighted by Crippen LogP contribution is 2.30. The lowest BCUT2D eigenvalue weighted by Crippen LogP contribution is -1.95. The van der Waals surface area contributed by atoms with Crippen LogP contribution < -0.4 is 0 Å². The van der Waals surface area contributed by atoms with Crippen molar-refractivity contribution in [2.75, 3.05) is 0 Å². The Bertz CT molecular complexity index is 349. The van der Waals surface area contributed by atoms with Crippen LogP contribution in [0.15, 0.2) is 18.2 Å². The second kappa shape index (κ2) is 4.09. The first-order valence-corrected chi connectivity index (χ1v) is 4.53. The Hall–Kier alpha value is -1.58. The van der Waals surface area contributed by atoms with Crippen LogP contribution in [0, 0.1) is 10.1 Å². The molecular weight excluding hydrogens is 182 g/mol. The Morgan fingerprint density at radius 1 is 1.57 bits per heavy atom. The van der Waals surface area contributed by atoms with Gasteiger partial charge in [0.15, 0.2) is 0 Å². The monoisotopic (exact) mass is 195 g/mol. The first-order valence-electron chi connectivity index (χ1n) is 4.53. The number of benzene rings is 1. The number of phenols is 1. The summed E-state index contributed by atoms with van der Waals surface area (Å²) < 4.78 is 0. The van der Waals surface area contributed by atoms with Crippen molar-refractivity contribution in [1.29, 1.82) is 0 Å². The van der Waals surface area contributed by atoms with Crippen molar-refractivity contribution in [2.45, 2.75) is 26.2 Å². The molecule has 0 heterocycles. The van der Waals surface area contributed by atoms with Gasteiger partial charge in [0.05, 0.1) is 4.92 Å². The van der Waals surface area contributed by atoms with Crippen molar-refractivity contribution in [3.8, 4) is 5.75 Å². The molecule has 1 aromatic rings. The minimum Gasteiger partial charge on any atom is -0.508 e. The van der Waals surface area contributed by atoms with Crippen LogP contribution in [-0.2, 0) is 0 Å². The SMILES string of the molecule is CCC(C)c1cc([N+](=O)[O-])ccc1O. The molecular formula is C10H13NO3. The van der Waals surface area contributed by atoms with Gasteiger partial charge in [-0.25, -0.2) is 0 Å². The zero-order valence-corrected chi connectivity index (χ0v) is 8.23. The Morgan fingerprint density at radius 2 is 2.21 bits per heavy atom. The molecule has 4 nitrogen and oxygen atoms in total. The van der Waals surface area contributed by atoms with Gasteiger partial charge in [0.1, 0.15) is 5.75 Å². The molecule has 0 aliphatic heterocycles. The van der Waals surface area contributed by atoms with Crippen LogP contribution in [0.3, 0.4) is 0 Å². The summed E-state index contributed by atoms with van der Waals surface area (Å²) >= 11 is 0. The van der Waals surface area contributed by atoms with Crippen molar-refractivity contribution in [3.63, 3.8) is 0 Å². The number of nitrogens with zero attached hydrogens (tertiary/aromatic N) is 1. The average molecular weight is 195 g/mol. The van der Waals surface area contributed by atoms with Gasteiger partial charge in [-0.2, -0.15) is 0 Å². The first-order chi connectivity index (χ1) is 6.56. The van der Waals surface area contributed by atoms with Gasteiger partial charge < -0.3 is 5.11 Å². The molecule has 0 bridgehead atoms. The van der Waals surface area contributed by atoms with E-state index < -0.39 is 4.92 Å². The van der Waals surface area contributed by atoms with Crippen molar-refractivity contribution < 1.29 is 10.0 Å². The van der Waals surface area contributed by atoms with Crippen molar-refractivity contribution in [1.82, 2.24) is 0 Å². The second-order valence-electron chi connectivity index (χ2n) is 3.31. The molecule has 1 rings (SSSR count). The standard InChI is InChI=1S/C10H13NO3/c1-3-7(2)9-6-8(11(13)14)4-5-10(9)12/h4-7,12H,3H2,1-2H3. The molecule has 0 spiro atoms. The molecule has 0 aromatic heterocycles. The summed E-state index contributed by atoms with van der Waals surface area (Å²) in [7, 11) is 0. The topological polar surface area (TPSA) is 63.4 Å². The molecule has 1 atom stereocenters. The zero-order chi connectivity index (χ0) is 10.7. The average Bonchev–Trinajstić information content (AvgIpc) is 2.17. The number of rotatable bonds is 3. The maximum absolute atomic E-state index is 10.5. The molecule has 0 radical (unpaired) electrons. The lowest BCUT2D eigenvalue weighted by atomic mass is 9.97. The second-order valence-corrected chi connectivity index (χ2v) is 3.31. The van der Waals surface area contributed by atoms with Crippen LogP contribution in [0.4, 0.5) is 5.69 Å². The van der Waals surface area contributed by atoms with Gasteiger partial charge in [0.25, 0.3) is 5.69 Å². The predicted octanol–water partition coefficient (Wildman–Crippen LogP) is 2.81. The van der Waals surface area contributed by atoms with E-state index in [4.69, 9.17) is 0 Å². The minimum atomic E-state index is -0.453. The molecule has 0 saturated heterocycles. The number of aromatic hydroxyl groups is 1. The highest BCUT2D eigenvalue weighted by Gasteiger charge is 2.13. The molecule has 0 saturated carbocycles. The number of non-ortho nitro benzene ring substituents is 1. The maximum Gasteiger partial charge on any atom is 0.269 e. The fraction of sp³-hybridized carbons (Fsp3) is 0.400. The first kappa shape index (κ1) is 10.5. The van der Waals surface area contributed by atoms with Crippen LogP contribution in [0.5, 0.6) is 5.75 Å². The molecule has 14 heavy (non-hydrogen) atoms. The normalized spacial score (nSPS) is 12.4. The third-order valence-corrected chi connectivity index (χ3v) is 2.37.